The number of fused-ring (bicyclic) bond motifs is 1. The maximum atomic E-state index is 6.21. The van der Waals surface area contributed by atoms with Crippen molar-refractivity contribution in [3.8, 4) is 5.75 Å². The van der Waals surface area contributed by atoms with E-state index in [0.717, 1.165) is 23.1 Å². The quantitative estimate of drug-likeness (QED) is 0.918. The van der Waals surface area contributed by atoms with Crippen molar-refractivity contribution in [2.45, 2.75) is 37.8 Å². The van der Waals surface area contributed by atoms with E-state index in [-0.39, 0.29) is 6.10 Å². The van der Waals surface area contributed by atoms with E-state index in [4.69, 9.17) is 4.74 Å². The third-order valence-electron chi connectivity index (χ3n) is 3.86. The van der Waals surface area contributed by atoms with E-state index in [0.29, 0.717) is 6.04 Å². The van der Waals surface area contributed by atoms with Crippen molar-refractivity contribution in [2.75, 3.05) is 7.05 Å². The molecule has 1 aromatic heterocycles. The largest absolute Gasteiger partial charge is 0.486 e. The number of likely N-dealkylation sites (N-methyl/N-ethyl adjacent to an activating group) is 1. The summed E-state index contributed by atoms with van der Waals surface area (Å²) < 4.78 is 6.21. The van der Waals surface area contributed by atoms with Gasteiger partial charge in [0.2, 0.25) is 0 Å². The molecule has 1 heterocycles. The van der Waals surface area contributed by atoms with Crippen LogP contribution in [0.5, 0.6) is 5.75 Å². The number of ether oxygens (including phenoxy) is 1. The molecular formula is C15H19N3O. The van der Waals surface area contributed by atoms with Crippen LogP contribution in [0.3, 0.4) is 0 Å². The molecular weight excluding hydrogens is 238 g/mol. The predicted molar refractivity (Wildman–Crippen MR) is 75.3 cm³/mol. The van der Waals surface area contributed by atoms with Crippen LogP contribution in [0.4, 0.5) is 0 Å². The van der Waals surface area contributed by atoms with Gasteiger partial charge in [0.15, 0.2) is 0 Å². The Morgan fingerprint density at radius 1 is 1.21 bits per heavy atom. The highest BCUT2D eigenvalue weighted by Crippen LogP contribution is 2.28. The van der Waals surface area contributed by atoms with Gasteiger partial charge in [0.25, 0.3) is 0 Å². The van der Waals surface area contributed by atoms with Gasteiger partial charge in [-0.2, -0.15) is 10.2 Å². The zero-order valence-corrected chi connectivity index (χ0v) is 11.2. The molecule has 0 aliphatic heterocycles. The Balaban J connectivity index is 1.88. The Morgan fingerprint density at radius 3 is 2.95 bits per heavy atom. The number of benzene rings is 1. The monoisotopic (exact) mass is 257 g/mol. The number of hydrogen-bond acceptors (Lipinski definition) is 4. The highest BCUT2D eigenvalue weighted by atomic mass is 16.5. The number of nitrogens with one attached hydrogen (secondary N) is 1. The lowest BCUT2D eigenvalue weighted by atomic mass is 9.92. The van der Waals surface area contributed by atoms with Crippen LogP contribution in [0.2, 0.25) is 0 Å². The van der Waals surface area contributed by atoms with Crippen molar-refractivity contribution in [3.05, 3.63) is 30.5 Å². The van der Waals surface area contributed by atoms with Gasteiger partial charge < -0.3 is 10.1 Å². The van der Waals surface area contributed by atoms with Crippen molar-refractivity contribution in [3.63, 3.8) is 0 Å². The lowest BCUT2D eigenvalue weighted by Crippen LogP contribution is -2.43. The molecule has 4 nitrogen and oxygen atoms in total. The Labute approximate surface area is 113 Å². The lowest BCUT2D eigenvalue weighted by molar-refractivity contribution is 0.119. The lowest BCUT2D eigenvalue weighted by Gasteiger charge is -2.31. The zero-order valence-electron chi connectivity index (χ0n) is 11.2. The number of hydrogen-bond donors (Lipinski definition) is 1. The van der Waals surface area contributed by atoms with Crippen LogP contribution in [-0.2, 0) is 0 Å². The van der Waals surface area contributed by atoms with Crippen LogP contribution in [-0.4, -0.2) is 29.4 Å². The normalized spacial score (nSPS) is 23.4. The maximum absolute atomic E-state index is 6.21. The fourth-order valence-electron chi connectivity index (χ4n) is 2.81. The molecule has 100 valence electrons. The van der Waals surface area contributed by atoms with E-state index < -0.39 is 0 Å². The average Bonchev–Trinajstić information content (AvgIpc) is 2.48. The van der Waals surface area contributed by atoms with Gasteiger partial charge in [-0.25, -0.2) is 0 Å². The van der Waals surface area contributed by atoms with Gasteiger partial charge in [0.1, 0.15) is 11.9 Å². The number of aromatic nitrogens is 2. The summed E-state index contributed by atoms with van der Waals surface area (Å²) in [4.78, 5) is 0. The molecule has 1 aromatic carbocycles. The molecule has 1 saturated carbocycles. The molecule has 0 bridgehead atoms. The molecule has 0 saturated heterocycles. The predicted octanol–water partition coefficient (Wildman–Crippen LogP) is 2.54. The van der Waals surface area contributed by atoms with Crippen molar-refractivity contribution in [1.29, 1.82) is 0 Å². The zero-order chi connectivity index (χ0) is 13.1. The summed E-state index contributed by atoms with van der Waals surface area (Å²) in [6.45, 7) is 0. The molecule has 2 aromatic rings. The highest BCUT2D eigenvalue weighted by molar-refractivity contribution is 5.83. The second-order valence-corrected chi connectivity index (χ2v) is 5.06. The molecule has 1 N–H and O–H groups in total. The van der Waals surface area contributed by atoms with Crippen molar-refractivity contribution >= 4 is 10.9 Å². The van der Waals surface area contributed by atoms with Gasteiger partial charge in [0, 0.05) is 11.4 Å². The Bertz CT molecular complexity index is 553. The number of nitrogens with zero attached hydrogens (tertiary/aromatic N) is 2. The Hall–Kier alpha value is -1.68. The van der Waals surface area contributed by atoms with Gasteiger partial charge in [-0.15, -0.1) is 0 Å². The van der Waals surface area contributed by atoms with Crippen molar-refractivity contribution in [1.82, 2.24) is 15.5 Å². The van der Waals surface area contributed by atoms with E-state index in [9.17, 15) is 0 Å². The average molecular weight is 257 g/mol. The topological polar surface area (TPSA) is 47.0 Å². The van der Waals surface area contributed by atoms with Crippen LogP contribution in [0, 0.1) is 0 Å². The molecule has 1 fully saturated rings. The molecule has 2 unspecified atom stereocenters. The first-order valence-corrected chi connectivity index (χ1v) is 6.93. The summed E-state index contributed by atoms with van der Waals surface area (Å²) in [5.41, 5.74) is 0.886. The smallest absolute Gasteiger partial charge is 0.149 e. The third-order valence-corrected chi connectivity index (χ3v) is 3.86. The molecule has 0 amide bonds. The first-order valence-electron chi connectivity index (χ1n) is 6.93. The fraction of sp³-hybridized carbons (Fsp3) is 0.467. The molecule has 0 radical (unpaired) electrons. The standard InChI is InChI=1S/C15H19N3O/c1-16-13-8-4-5-9-14(13)19-15-10-17-18-12-7-3-2-6-11(12)15/h2-3,6-7,10,13-14,16H,4-5,8-9H2,1H3. The van der Waals surface area contributed by atoms with Gasteiger partial charge in [0.05, 0.1) is 11.7 Å². The minimum atomic E-state index is 0.228. The van der Waals surface area contributed by atoms with Gasteiger partial charge in [-0.3, -0.25) is 0 Å². The van der Waals surface area contributed by atoms with Gasteiger partial charge in [-0.1, -0.05) is 18.6 Å². The van der Waals surface area contributed by atoms with Crippen molar-refractivity contribution in [2.24, 2.45) is 0 Å². The first-order chi connectivity index (χ1) is 9.38. The fourth-order valence-corrected chi connectivity index (χ4v) is 2.81. The van der Waals surface area contributed by atoms with Crippen LogP contribution in [0.25, 0.3) is 10.9 Å². The molecule has 0 spiro atoms. The van der Waals surface area contributed by atoms with E-state index in [1.54, 1.807) is 6.20 Å². The van der Waals surface area contributed by atoms with Crippen LogP contribution in [0.1, 0.15) is 25.7 Å². The SMILES string of the molecule is CNC1CCCCC1Oc1cnnc2ccccc12. The molecule has 19 heavy (non-hydrogen) atoms. The van der Waals surface area contributed by atoms with E-state index >= 15 is 0 Å². The number of rotatable bonds is 3. The summed E-state index contributed by atoms with van der Waals surface area (Å²) in [5, 5.41) is 12.6. The van der Waals surface area contributed by atoms with E-state index in [1.807, 2.05) is 31.3 Å². The second kappa shape index (κ2) is 5.53. The first kappa shape index (κ1) is 12.4. The van der Waals surface area contributed by atoms with Gasteiger partial charge in [-0.05, 0) is 38.4 Å². The molecule has 3 rings (SSSR count). The Kier molecular flexibility index (Phi) is 3.60. The molecule has 1 aliphatic carbocycles. The Morgan fingerprint density at radius 2 is 2.05 bits per heavy atom. The second-order valence-electron chi connectivity index (χ2n) is 5.06. The third kappa shape index (κ3) is 2.54. The molecule has 2 atom stereocenters. The summed E-state index contributed by atoms with van der Waals surface area (Å²) in [6.07, 6.45) is 6.75. The van der Waals surface area contributed by atoms with Crippen LogP contribution >= 0.6 is 0 Å². The molecule has 1 aliphatic rings. The maximum Gasteiger partial charge on any atom is 0.149 e. The summed E-state index contributed by atoms with van der Waals surface area (Å²) in [5.74, 6) is 0.845. The van der Waals surface area contributed by atoms with Crippen LogP contribution < -0.4 is 10.1 Å². The summed E-state index contributed by atoms with van der Waals surface area (Å²) >= 11 is 0. The van der Waals surface area contributed by atoms with E-state index in [2.05, 4.69) is 15.5 Å². The minimum Gasteiger partial charge on any atom is -0.486 e. The summed E-state index contributed by atoms with van der Waals surface area (Å²) in [6, 6.07) is 8.41. The van der Waals surface area contributed by atoms with Crippen molar-refractivity contribution < 1.29 is 4.74 Å². The summed E-state index contributed by atoms with van der Waals surface area (Å²) in [7, 11) is 2.01. The minimum absolute atomic E-state index is 0.228. The van der Waals surface area contributed by atoms with E-state index in [1.165, 1.54) is 19.3 Å². The highest BCUT2D eigenvalue weighted by Gasteiger charge is 2.25. The van der Waals surface area contributed by atoms with Gasteiger partial charge >= 0.3 is 0 Å². The molecule has 4 heteroatoms. The van der Waals surface area contributed by atoms with Crippen LogP contribution in [0.15, 0.2) is 30.5 Å².